The van der Waals surface area contributed by atoms with Crippen LogP contribution in [0, 0.1) is 0 Å². The summed E-state index contributed by atoms with van der Waals surface area (Å²) in [4.78, 5) is 15.4. The van der Waals surface area contributed by atoms with Gasteiger partial charge < -0.3 is 10.2 Å². The van der Waals surface area contributed by atoms with Crippen LogP contribution in [-0.2, 0) is 40.4 Å². The van der Waals surface area contributed by atoms with E-state index < -0.39 is 21.1 Å². The number of hydrogen-bond donors (Lipinski definition) is 2. The molecular formula is C43H45N3O3S. The van der Waals surface area contributed by atoms with Gasteiger partial charge in [-0.2, -0.15) is 4.72 Å². The third-order valence-electron chi connectivity index (χ3n) is 11.0. The molecule has 2 aliphatic rings. The maximum atomic E-state index is 14.1. The molecule has 5 aromatic rings. The molecule has 0 aliphatic heterocycles. The molecule has 50 heavy (non-hydrogen) atoms. The summed E-state index contributed by atoms with van der Waals surface area (Å²) in [5.41, 5.74) is 8.33. The number of nitrogens with one attached hydrogen (secondary N) is 2. The standard InChI is InChI=1S/C43H45N3O3S/c1-4-31-21-27-36(28-22-31)50(48,49)45-42(29-11-14-33-13-8-9-19-39(33)42)34-25-23-32(24-26-34)37-17-10-20-40-38(37)18-12-30-43(40,46(3)41(47)44-2)35-15-6-5-7-16-35/h5-10,13,15-17,19-28,45H,4,11-12,14,18,29-30H2,1-3H3,(H,44,47). The zero-order valence-corrected chi connectivity index (χ0v) is 29.9. The third-order valence-corrected chi connectivity index (χ3v) is 12.6. The van der Waals surface area contributed by atoms with Crippen LogP contribution in [0.25, 0.3) is 11.1 Å². The fraction of sp³-hybridized carbons (Fsp3) is 0.279. The van der Waals surface area contributed by atoms with Gasteiger partial charge in [0.25, 0.3) is 0 Å². The summed E-state index contributed by atoms with van der Waals surface area (Å²) in [5.74, 6) is 0. The van der Waals surface area contributed by atoms with Gasteiger partial charge >= 0.3 is 6.03 Å². The van der Waals surface area contributed by atoms with E-state index in [1.54, 1.807) is 19.2 Å². The lowest BCUT2D eigenvalue weighted by molar-refractivity contribution is 0.146. The molecule has 6 nitrogen and oxygen atoms in total. The number of carbonyl (C=O) groups excluding carboxylic acids is 1. The number of hydrogen-bond acceptors (Lipinski definition) is 3. The van der Waals surface area contributed by atoms with Gasteiger partial charge in [-0.3, -0.25) is 0 Å². The lowest BCUT2D eigenvalue weighted by Crippen LogP contribution is -2.52. The van der Waals surface area contributed by atoms with Crippen LogP contribution in [0.4, 0.5) is 4.79 Å². The Morgan fingerprint density at radius 2 is 1.42 bits per heavy atom. The van der Waals surface area contributed by atoms with Gasteiger partial charge in [0.05, 0.1) is 16.0 Å². The molecule has 0 saturated carbocycles. The lowest BCUT2D eigenvalue weighted by atomic mass is 9.69. The smallest absolute Gasteiger partial charge is 0.317 e. The summed E-state index contributed by atoms with van der Waals surface area (Å²) >= 11 is 0. The molecule has 5 aromatic carbocycles. The highest BCUT2D eigenvalue weighted by atomic mass is 32.2. The van der Waals surface area contributed by atoms with Crippen LogP contribution in [0.2, 0.25) is 0 Å². The number of fused-ring (bicyclic) bond motifs is 2. The molecule has 0 saturated heterocycles. The Bertz CT molecular complexity index is 2110. The van der Waals surface area contributed by atoms with Crippen molar-refractivity contribution >= 4 is 16.1 Å². The monoisotopic (exact) mass is 683 g/mol. The quantitative estimate of drug-likeness (QED) is 0.173. The summed E-state index contributed by atoms with van der Waals surface area (Å²) in [6.07, 6.45) is 5.92. The zero-order chi connectivity index (χ0) is 34.9. The van der Waals surface area contributed by atoms with Crippen LogP contribution in [-0.4, -0.2) is 33.4 Å². The SMILES string of the molecule is CCc1ccc(S(=O)(=O)NC2(c3ccc(-c4cccc5c4CCCC5(c4ccccc4)N(C)C(=O)NC)cc3)CCCc3ccccc32)cc1. The Balaban J connectivity index is 1.33. The van der Waals surface area contributed by atoms with E-state index in [9.17, 15) is 13.2 Å². The first-order valence-electron chi connectivity index (χ1n) is 17.7. The molecule has 2 atom stereocenters. The van der Waals surface area contributed by atoms with Gasteiger partial charge in [-0.1, -0.05) is 116 Å². The Hall–Kier alpha value is -4.72. The fourth-order valence-electron chi connectivity index (χ4n) is 8.49. The van der Waals surface area contributed by atoms with Crippen LogP contribution in [0.1, 0.15) is 71.6 Å². The van der Waals surface area contributed by atoms with E-state index >= 15 is 0 Å². The number of aryl methyl sites for hydroxylation is 2. The van der Waals surface area contributed by atoms with Crippen molar-refractivity contribution in [3.8, 4) is 11.1 Å². The Kier molecular flexibility index (Phi) is 9.14. The summed E-state index contributed by atoms with van der Waals surface area (Å²) in [5, 5.41) is 2.85. The number of benzene rings is 5. The maximum absolute atomic E-state index is 14.1. The van der Waals surface area contributed by atoms with Gasteiger partial charge in [0.15, 0.2) is 0 Å². The van der Waals surface area contributed by atoms with Gasteiger partial charge in [-0.25, -0.2) is 13.2 Å². The maximum Gasteiger partial charge on any atom is 0.317 e. The molecule has 2 aliphatic carbocycles. The number of amides is 2. The molecule has 0 fully saturated rings. The second kappa shape index (κ2) is 13.5. The minimum absolute atomic E-state index is 0.127. The van der Waals surface area contributed by atoms with E-state index in [1.807, 2.05) is 54.4 Å². The normalized spacial score (nSPS) is 20.0. The summed E-state index contributed by atoms with van der Waals surface area (Å²) in [7, 11) is -0.281. The van der Waals surface area contributed by atoms with Crippen molar-refractivity contribution < 1.29 is 13.2 Å². The molecule has 7 rings (SSSR count). The molecular weight excluding hydrogens is 639 g/mol. The summed E-state index contributed by atoms with van der Waals surface area (Å²) < 4.78 is 31.4. The predicted octanol–water partition coefficient (Wildman–Crippen LogP) is 8.33. The number of sulfonamides is 1. The van der Waals surface area contributed by atoms with Gasteiger partial charge in [0, 0.05) is 14.1 Å². The minimum atomic E-state index is -3.85. The topological polar surface area (TPSA) is 78.5 Å². The van der Waals surface area contributed by atoms with E-state index in [4.69, 9.17) is 0 Å². The van der Waals surface area contributed by atoms with Crippen molar-refractivity contribution in [1.29, 1.82) is 0 Å². The largest absolute Gasteiger partial charge is 0.341 e. The van der Waals surface area contributed by atoms with Crippen molar-refractivity contribution in [3.05, 3.63) is 160 Å². The van der Waals surface area contributed by atoms with Gasteiger partial charge in [0.1, 0.15) is 0 Å². The Labute approximate surface area is 296 Å². The lowest BCUT2D eigenvalue weighted by Gasteiger charge is -2.46. The molecule has 0 spiro atoms. The van der Waals surface area contributed by atoms with E-state index in [0.717, 1.165) is 77.5 Å². The average molecular weight is 684 g/mol. The molecule has 256 valence electrons. The highest BCUT2D eigenvalue weighted by Gasteiger charge is 2.45. The molecule has 0 radical (unpaired) electrons. The second-order valence-corrected chi connectivity index (χ2v) is 15.3. The average Bonchev–Trinajstić information content (AvgIpc) is 3.17. The van der Waals surface area contributed by atoms with Crippen molar-refractivity contribution in [1.82, 2.24) is 14.9 Å². The van der Waals surface area contributed by atoms with Crippen LogP contribution < -0.4 is 10.0 Å². The van der Waals surface area contributed by atoms with E-state index in [0.29, 0.717) is 6.42 Å². The van der Waals surface area contributed by atoms with E-state index in [-0.39, 0.29) is 10.9 Å². The van der Waals surface area contributed by atoms with Gasteiger partial charge in [-0.05, 0) is 107 Å². The first-order valence-corrected chi connectivity index (χ1v) is 19.2. The molecule has 0 bridgehead atoms. The molecule has 2 N–H and O–H groups in total. The van der Waals surface area contributed by atoms with Crippen LogP contribution >= 0.6 is 0 Å². The summed E-state index contributed by atoms with van der Waals surface area (Å²) in [6.45, 7) is 2.06. The van der Waals surface area contributed by atoms with E-state index in [2.05, 4.69) is 83.7 Å². The van der Waals surface area contributed by atoms with Crippen molar-refractivity contribution in [2.24, 2.45) is 0 Å². The molecule has 0 aromatic heterocycles. The van der Waals surface area contributed by atoms with Crippen molar-refractivity contribution in [2.45, 2.75) is 67.8 Å². The second-order valence-electron chi connectivity index (χ2n) is 13.6. The number of nitrogens with zero attached hydrogens (tertiary/aromatic N) is 1. The minimum Gasteiger partial charge on any atom is -0.341 e. The number of rotatable bonds is 8. The van der Waals surface area contributed by atoms with Crippen LogP contribution in [0.15, 0.2) is 126 Å². The molecule has 0 heterocycles. The highest BCUT2D eigenvalue weighted by Crippen LogP contribution is 2.48. The highest BCUT2D eigenvalue weighted by molar-refractivity contribution is 7.89. The van der Waals surface area contributed by atoms with Crippen LogP contribution in [0.3, 0.4) is 0 Å². The molecule has 2 amide bonds. The van der Waals surface area contributed by atoms with Gasteiger partial charge in [-0.15, -0.1) is 0 Å². The first kappa shape index (κ1) is 33.8. The Morgan fingerprint density at radius 1 is 0.740 bits per heavy atom. The third kappa shape index (κ3) is 5.72. The molecule has 2 unspecified atom stereocenters. The first-order chi connectivity index (χ1) is 24.2. The predicted molar refractivity (Wildman–Crippen MR) is 201 cm³/mol. The van der Waals surface area contributed by atoms with Crippen molar-refractivity contribution in [2.75, 3.05) is 14.1 Å². The number of urea groups is 1. The van der Waals surface area contributed by atoms with Crippen LogP contribution in [0.5, 0.6) is 0 Å². The van der Waals surface area contributed by atoms with E-state index in [1.165, 1.54) is 11.1 Å². The zero-order valence-electron chi connectivity index (χ0n) is 29.1. The summed E-state index contributed by atoms with van der Waals surface area (Å²) in [6, 6.07) is 40.6. The van der Waals surface area contributed by atoms with Gasteiger partial charge in [0.2, 0.25) is 10.0 Å². The number of carbonyl (C=O) groups is 1. The fourth-order valence-corrected chi connectivity index (χ4v) is 9.89. The molecule has 7 heteroatoms. The Morgan fingerprint density at radius 3 is 2.14 bits per heavy atom. The van der Waals surface area contributed by atoms with Crippen molar-refractivity contribution in [3.63, 3.8) is 0 Å².